The zero-order valence-corrected chi connectivity index (χ0v) is 9.02. The van der Waals surface area contributed by atoms with Gasteiger partial charge in [-0.25, -0.2) is 0 Å². The molecule has 0 aromatic carbocycles. The van der Waals surface area contributed by atoms with Crippen molar-refractivity contribution in [2.45, 2.75) is 0 Å². The lowest BCUT2D eigenvalue weighted by Crippen LogP contribution is -1.96. The van der Waals surface area contributed by atoms with Gasteiger partial charge in [0.05, 0.1) is 5.33 Å². The molecule has 0 saturated heterocycles. The molecule has 0 unspecified atom stereocenters. The first-order chi connectivity index (χ1) is 5.16. The predicted octanol–water partition coefficient (Wildman–Crippen LogP) is 3.03. The normalized spacial score (nSPS) is 10.1. The third-order valence-electron chi connectivity index (χ3n) is 0.972. The Morgan fingerprint density at radius 1 is 1.64 bits per heavy atom. The Kier molecular flexibility index (Phi) is 3.30. The minimum atomic E-state index is -0.0978. The quantitative estimate of drug-likeness (QED) is 0.613. The first kappa shape index (κ1) is 9.45. The molecule has 0 aliphatic rings. The summed E-state index contributed by atoms with van der Waals surface area (Å²) in [6, 6.07) is 0. The second-order valence-corrected chi connectivity index (χ2v) is 3.74. The zero-order chi connectivity index (χ0) is 8.43. The molecule has 0 aliphatic heterocycles. The molecule has 60 valence electrons. The highest BCUT2D eigenvalue weighted by Gasteiger charge is 2.15. The summed E-state index contributed by atoms with van der Waals surface area (Å²) in [4.78, 5) is 11.4. The van der Waals surface area contributed by atoms with Gasteiger partial charge in [-0.05, 0) is 11.5 Å². The summed E-state index contributed by atoms with van der Waals surface area (Å²) in [5, 5.41) is 0.688. The van der Waals surface area contributed by atoms with Gasteiger partial charge < -0.3 is 0 Å². The highest BCUT2D eigenvalue weighted by atomic mass is 79.9. The van der Waals surface area contributed by atoms with Gasteiger partial charge in [-0.3, -0.25) is 4.79 Å². The molecule has 0 bridgehead atoms. The molecule has 0 atom stereocenters. The number of Topliss-reactive ketones (excluding diaryl/α,β-unsaturated/α-hetero) is 1. The molecule has 1 aromatic heterocycles. The maximum absolute atomic E-state index is 11.0. The van der Waals surface area contributed by atoms with Gasteiger partial charge in [0.15, 0.2) is 10.9 Å². The zero-order valence-electron chi connectivity index (χ0n) is 5.10. The van der Waals surface area contributed by atoms with Crippen LogP contribution in [0.25, 0.3) is 0 Å². The molecular weight excluding hydrogens is 273 g/mol. The Labute approximate surface area is 85.8 Å². The smallest absolute Gasteiger partial charge is 0.186 e. The van der Waals surface area contributed by atoms with Crippen LogP contribution in [0.15, 0.2) is 0 Å². The fourth-order valence-electron chi connectivity index (χ4n) is 0.494. The van der Waals surface area contributed by atoms with E-state index in [4.69, 9.17) is 23.2 Å². The Morgan fingerprint density at radius 2 is 2.27 bits per heavy atom. The number of aromatic nitrogens is 1. The van der Waals surface area contributed by atoms with E-state index in [1.165, 1.54) is 0 Å². The molecule has 0 radical (unpaired) electrons. The Balaban J connectivity index is 3.04. The molecule has 0 fully saturated rings. The summed E-state index contributed by atoms with van der Waals surface area (Å²) in [5.41, 5.74) is 0. The van der Waals surface area contributed by atoms with Crippen molar-refractivity contribution >= 4 is 56.4 Å². The Hall–Kier alpha value is 0.360. The third-order valence-corrected chi connectivity index (χ3v) is 3.32. The van der Waals surface area contributed by atoms with Gasteiger partial charge in [-0.1, -0.05) is 39.1 Å². The topological polar surface area (TPSA) is 30.0 Å². The van der Waals surface area contributed by atoms with Crippen molar-refractivity contribution in [1.82, 2.24) is 4.37 Å². The molecular formula is C5H2BrCl2NOS. The number of carbonyl (C=O) groups excluding carboxylic acids is 1. The Bertz CT molecular complexity index is 288. The number of hydrogen-bond donors (Lipinski definition) is 0. The van der Waals surface area contributed by atoms with E-state index in [9.17, 15) is 4.79 Å². The van der Waals surface area contributed by atoms with E-state index in [1.807, 2.05) is 0 Å². The number of carbonyl (C=O) groups is 1. The van der Waals surface area contributed by atoms with Crippen LogP contribution in [0.3, 0.4) is 0 Å². The average molecular weight is 275 g/mol. The van der Waals surface area contributed by atoms with Crippen LogP contribution in [0.5, 0.6) is 0 Å². The van der Waals surface area contributed by atoms with E-state index in [0.29, 0.717) is 4.88 Å². The van der Waals surface area contributed by atoms with Crippen molar-refractivity contribution < 1.29 is 4.79 Å². The van der Waals surface area contributed by atoms with E-state index in [0.717, 1.165) is 11.5 Å². The van der Waals surface area contributed by atoms with Crippen molar-refractivity contribution in [1.29, 1.82) is 0 Å². The van der Waals surface area contributed by atoms with Crippen LogP contribution in [0, 0.1) is 0 Å². The van der Waals surface area contributed by atoms with Gasteiger partial charge in [0.25, 0.3) is 0 Å². The highest BCUT2D eigenvalue weighted by molar-refractivity contribution is 9.09. The standard InChI is InChI=1S/C5H2BrCl2NOS/c6-1-2(10)4-3(7)5(8)9-11-4/h1H2. The van der Waals surface area contributed by atoms with Crippen LogP contribution >= 0.6 is 50.7 Å². The summed E-state index contributed by atoms with van der Waals surface area (Å²) in [6.45, 7) is 0. The predicted molar refractivity (Wildman–Crippen MR) is 50.3 cm³/mol. The van der Waals surface area contributed by atoms with E-state index in [-0.39, 0.29) is 21.3 Å². The molecule has 0 N–H and O–H groups in total. The second kappa shape index (κ2) is 3.85. The second-order valence-electron chi connectivity index (χ2n) is 1.67. The number of nitrogens with zero attached hydrogens (tertiary/aromatic N) is 1. The fraction of sp³-hybridized carbons (Fsp3) is 0.200. The van der Waals surface area contributed by atoms with Gasteiger partial charge in [0, 0.05) is 0 Å². The van der Waals surface area contributed by atoms with Gasteiger partial charge in [0.1, 0.15) is 9.90 Å². The van der Waals surface area contributed by atoms with Gasteiger partial charge >= 0.3 is 0 Å². The molecule has 1 rings (SSSR count). The van der Waals surface area contributed by atoms with Crippen LogP contribution in [0.2, 0.25) is 10.2 Å². The van der Waals surface area contributed by atoms with Crippen LogP contribution in [-0.4, -0.2) is 15.5 Å². The molecule has 1 heterocycles. The summed E-state index contributed by atoms with van der Waals surface area (Å²) in [5.74, 6) is -0.0978. The van der Waals surface area contributed by atoms with Crippen molar-refractivity contribution in [3.8, 4) is 0 Å². The molecule has 0 saturated carbocycles. The number of ketones is 1. The van der Waals surface area contributed by atoms with Gasteiger partial charge in [-0.2, -0.15) is 4.37 Å². The average Bonchev–Trinajstić information content (AvgIpc) is 2.32. The van der Waals surface area contributed by atoms with Crippen molar-refractivity contribution in [3.05, 3.63) is 15.1 Å². The monoisotopic (exact) mass is 273 g/mol. The van der Waals surface area contributed by atoms with Gasteiger partial charge in [-0.15, -0.1) is 0 Å². The molecule has 2 nitrogen and oxygen atoms in total. The number of alkyl halides is 1. The first-order valence-electron chi connectivity index (χ1n) is 2.56. The minimum Gasteiger partial charge on any atom is -0.292 e. The maximum atomic E-state index is 11.0. The lowest BCUT2D eigenvalue weighted by atomic mass is 10.4. The van der Waals surface area contributed by atoms with Gasteiger partial charge in [0.2, 0.25) is 0 Å². The lowest BCUT2D eigenvalue weighted by Gasteiger charge is -1.88. The molecule has 0 amide bonds. The first-order valence-corrected chi connectivity index (χ1v) is 5.21. The van der Waals surface area contributed by atoms with Crippen LogP contribution < -0.4 is 0 Å². The fourth-order valence-corrected chi connectivity index (χ4v) is 2.13. The van der Waals surface area contributed by atoms with Crippen LogP contribution in [0.4, 0.5) is 0 Å². The molecule has 0 aliphatic carbocycles. The molecule has 1 aromatic rings. The molecule has 11 heavy (non-hydrogen) atoms. The largest absolute Gasteiger partial charge is 0.292 e. The summed E-state index contributed by atoms with van der Waals surface area (Å²) >= 11 is 15.2. The molecule has 6 heteroatoms. The third kappa shape index (κ3) is 1.93. The van der Waals surface area contributed by atoms with E-state index < -0.39 is 0 Å². The number of rotatable bonds is 2. The van der Waals surface area contributed by atoms with Crippen molar-refractivity contribution in [2.75, 3.05) is 5.33 Å². The minimum absolute atomic E-state index is 0.0978. The highest BCUT2D eigenvalue weighted by Crippen LogP contribution is 2.28. The molecule has 0 spiro atoms. The van der Waals surface area contributed by atoms with Crippen molar-refractivity contribution in [2.24, 2.45) is 0 Å². The van der Waals surface area contributed by atoms with E-state index in [1.54, 1.807) is 0 Å². The summed E-state index contributed by atoms with van der Waals surface area (Å²) in [6.07, 6.45) is 0. The maximum Gasteiger partial charge on any atom is 0.186 e. The van der Waals surface area contributed by atoms with Crippen LogP contribution in [0.1, 0.15) is 9.67 Å². The number of hydrogen-bond acceptors (Lipinski definition) is 3. The summed E-state index contributed by atoms with van der Waals surface area (Å²) in [7, 11) is 0. The lowest BCUT2D eigenvalue weighted by molar-refractivity contribution is 0.102. The van der Waals surface area contributed by atoms with E-state index in [2.05, 4.69) is 20.3 Å². The van der Waals surface area contributed by atoms with Crippen LogP contribution in [-0.2, 0) is 0 Å². The van der Waals surface area contributed by atoms with Crippen molar-refractivity contribution in [3.63, 3.8) is 0 Å². The summed E-state index contributed by atoms with van der Waals surface area (Å²) < 4.78 is 3.72. The number of halogens is 3. The SMILES string of the molecule is O=C(CBr)c1snc(Cl)c1Cl. The van der Waals surface area contributed by atoms with E-state index >= 15 is 0 Å². The Morgan fingerprint density at radius 3 is 2.64 bits per heavy atom.